The lowest BCUT2D eigenvalue weighted by atomic mass is 10.1. The Kier molecular flexibility index (Phi) is 9.22. The van der Waals surface area contributed by atoms with Crippen LogP contribution in [-0.4, -0.2) is 0 Å². The van der Waals surface area contributed by atoms with Gasteiger partial charge in [-0.1, -0.05) is 49.2 Å². The van der Waals surface area contributed by atoms with Crippen molar-refractivity contribution in [1.82, 2.24) is 0 Å². The average molecular weight is 585 g/mol. The van der Waals surface area contributed by atoms with Crippen molar-refractivity contribution >= 4 is 0 Å². The van der Waals surface area contributed by atoms with Crippen molar-refractivity contribution in [3.63, 3.8) is 0 Å². The maximum Gasteiger partial charge on any atom is 0.432 e. The topological polar surface area (TPSA) is 9.23 Å². The van der Waals surface area contributed by atoms with Gasteiger partial charge >= 0.3 is 6.11 Å². The van der Waals surface area contributed by atoms with Crippen molar-refractivity contribution in [2.75, 3.05) is 0 Å². The highest BCUT2D eigenvalue weighted by atomic mass is 19.3. The molecule has 0 unspecified atom stereocenters. The lowest BCUT2D eigenvalue weighted by molar-refractivity contribution is -0.189. The zero-order chi connectivity index (χ0) is 30.4. The molecule has 0 heterocycles. The Morgan fingerprint density at radius 2 is 1.17 bits per heavy atom. The fraction of sp³-hybridized carbons (Fsp3) is 0.152. The number of hydrogen-bond acceptors (Lipinski definition) is 1. The normalized spacial score (nSPS) is 10.9. The maximum absolute atomic E-state index is 14.6. The van der Waals surface area contributed by atoms with Crippen LogP contribution in [0.2, 0.25) is 0 Å². The summed E-state index contributed by atoms with van der Waals surface area (Å²) in [5.41, 5.74) is -0.111. The van der Waals surface area contributed by atoms with Crippen molar-refractivity contribution in [3.8, 4) is 29.4 Å². The molecule has 0 amide bonds. The zero-order valence-electron chi connectivity index (χ0n) is 21.9. The van der Waals surface area contributed by atoms with Crippen LogP contribution >= 0.6 is 0 Å². The third-order valence-corrected chi connectivity index (χ3v) is 5.97. The van der Waals surface area contributed by atoms with E-state index in [1.807, 2.05) is 24.3 Å². The van der Waals surface area contributed by atoms with Crippen molar-refractivity contribution < 1.29 is 39.9 Å². The Hall–Kier alpha value is -4.76. The van der Waals surface area contributed by atoms with Crippen molar-refractivity contribution in [2.45, 2.75) is 32.3 Å². The van der Waals surface area contributed by atoms with Gasteiger partial charge in [0.05, 0.1) is 5.56 Å². The number of alkyl halides is 2. The number of hydrogen-bond donors (Lipinski definition) is 0. The second-order valence-corrected chi connectivity index (χ2v) is 9.13. The van der Waals surface area contributed by atoms with Gasteiger partial charge in [-0.05, 0) is 60.9 Å². The van der Waals surface area contributed by atoms with E-state index in [1.54, 1.807) is 0 Å². The minimum absolute atomic E-state index is 0.0963. The quantitative estimate of drug-likeness (QED) is 0.125. The van der Waals surface area contributed by atoms with Crippen LogP contribution in [0.15, 0.2) is 66.7 Å². The smallest absolute Gasteiger partial charge is 0.429 e. The summed E-state index contributed by atoms with van der Waals surface area (Å²) in [5, 5.41) is 0. The summed E-state index contributed by atoms with van der Waals surface area (Å²) in [4.78, 5) is 0. The molecule has 0 aliphatic heterocycles. The Bertz CT molecular complexity index is 1690. The average Bonchev–Trinajstić information content (AvgIpc) is 2.93. The molecule has 0 N–H and O–H groups in total. The third-order valence-electron chi connectivity index (χ3n) is 5.97. The van der Waals surface area contributed by atoms with Crippen LogP contribution in [0, 0.1) is 58.6 Å². The molecule has 0 aromatic heterocycles. The first-order valence-corrected chi connectivity index (χ1v) is 12.6. The molecule has 0 spiro atoms. The summed E-state index contributed by atoms with van der Waals surface area (Å²) in [6.07, 6.45) is -1.58. The van der Waals surface area contributed by atoms with Gasteiger partial charge in [-0.3, -0.25) is 0 Å². The fourth-order valence-electron chi connectivity index (χ4n) is 3.83. The Morgan fingerprint density at radius 1 is 0.619 bits per heavy atom. The van der Waals surface area contributed by atoms with Crippen LogP contribution in [-0.2, 0) is 12.5 Å². The number of rotatable bonds is 6. The van der Waals surface area contributed by atoms with Crippen LogP contribution in [0.5, 0.6) is 5.75 Å². The molecular formula is C33H20F8O. The van der Waals surface area contributed by atoms with E-state index in [0.29, 0.717) is 17.7 Å². The van der Waals surface area contributed by atoms with Gasteiger partial charge in [0, 0.05) is 28.8 Å². The van der Waals surface area contributed by atoms with Gasteiger partial charge in [0.15, 0.2) is 17.5 Å². The van der Waals surface area contributed by atoms with Crippen LogP contribution in [0.4, 0.5) is 35.1 Å². The molecule has 4 aromatic rings. The summed E-state index contributed by atoms with van der Waals surface area (Å²) >= 11 is 0. The highest BCUT2D eigenvalue weighted by Gasteiger charge is 2.41. The standard InChI is InChI=1S/C33H20F8O/c1-2-3-4-20-5-7-21(8-6-20)9-10-22-11-13-24(26(34)15-22)14-12-23-16-27(35)31(28(36)17-23)33(40,41)42-25-18-29(37)32(39)30(38)19-25/h5-8,11,13,15-19H,2-4H2,1H3. The fourth-order valence-corrected chi connectivity index (χ4v) is 3.83. The number of unbranched alkanes of at least 4 members (excludes halogenated alkanes) is 1. The molecular weight excluding hydrogens is 564 g/mol. The zero-order valence-corrected chi connectivity index (χ0v) is 21.9. The number of halogens is 8. The molecule has 0 fully saturated rings. The van der Waals surface area contributed by atoms with Gasteiger partial charge < -0.3 is 4.74 Å². The molecule has 0 saturated heterocycles. The van der Waals surface area contributed by atoms with Gasteiger partial charge in [0.2, 0.25) is 0 Å². The molecule has 0 aliphatic rings. The molecule has 0 saturated carbocycles. The van der Waals surface area contributed by atoms with Crippen molar-refractivity contribution in [2.24, 2.45) is 0 Å². The second-order valence-electron chi connectivity index (χ2n) is 9.13. The van der Waals surface area contributed by atoms with E-state index in [2.05, 4.69) is 35.3 Å². The van der Waals surface area contributed by atoms with Gasteiger partial charge in [0.1, 0.15) is 28.8 Å². The molecule has 4 aromatic carbocycles. The van der Waals surface area contributed by atoms with Gasteiger partial charge in [0.25, 0.3) is 0 Å². The van der Waals surface area contributed by atoms with Crippen LogP contribution in [0.1, 0.15) is 53.1 Å². The van der Waals surface area contributed by atoms with E-state index in [-0.39, 0.29) is 17.7 Å². The summed E-state index contributed by atoms with van der Waals surface area (Å²) < 4.78 is 116. The van der Waals surface area contributed by atoms with Gasteiger partial charge in [-0.15, -0.1) is 0 Å². The second kappa shape index (κ2) is 12.8. The van der Waals surface area contributed by atoms with Crippen molar-refractivity contribution in [1.29, 1.82) is 0 Å². The highest BCUT2D eigenvalue weighted by molar-refractivity contribution is 5.49. The molecule has 0 bridgehead atoms. The predicted octanol–water partition coefficient (Wildman–Crippen LogP) is 8.79. The predicted molar refractivity (Wildman–Crippen MR) is 141 cm³/mol. The monoisotopic (exact) mass is 584 g/mol. The summed E-state index contributed by atoms with van der Waals surface area (Å²) in [5.74, 6) is -0.713. The van der Waals surface area contributed by atoms with E-state index in [0.717, 1.165) is 30.9 Å². The highest BCUT2D eigenvalue weighted by Crippen LogP contribution is 2.36. The first kappa shape index (κ1) is 30.2. The van der Waals surface area contributed by atoms with E-state index >= 15 is 0 Å². The van der Waals surface area contributed by atoms with Crippen LogP contribution < -0.4 is 4.74 Å². The van der Waals surface area contributed by atoms with Crippen LogP contribution in [0.25, 0.3) is 0 Å². The molecule has 0 atom stereocenters. The molecule has 214 valence electrons. The third kappa shape index (κ3) is 7.30. The van der Waals surface area contributed by atoms with E-state index < -0.39 is 57.9 Å². The van der Waals surface area contributed by atoms with Gasteiger partial charge in [-0.2, -0.15) is 8.78 Å². The van der Waals surface area contributed by atoms with Crippen LogP contribution in [0.3, 0.4) is 0 Å². The molecule has 1 nitrogen and oxygen atoms in total. The molecule has 42 heavy (non-hydrogen) atoms. The van der Waals surface area contributed by atoms with Gasteiger partial charge in [-0.25, -0.2) is 26.3 Å². The Labute approximate surface area is 236 Å². The molecule has 0 radical (unpaired) electrons. The minimum Gasteiger partial charge on any atom is -0.429 e. The summed E-state index contributed by atoms with van der Waals surface area (Å²) in [6.45, 7) is 2.11. The lowest BCUT2D eigenvalue weighted by Crippen LogP contribution is -2.25. The lowest BCUT2D eigenvalue weighted by Gasteiger charge is -2.19. The van der Waals surface area contributed by atoms with E-state index in [9.17, 15) is 35.1 Å². The van der Waals surface area contributed by atoms with E-state index in [4.69, 9.17) is 0 Å². The number of aryl methyl sites for hydroxylation is 1. The summed E-state index contributed by atoms with van der Waals surface area (Å²) in [7, 11) is 0. The maximum atomic E-state index is 14.6. The van der Waals surface area contributed by atoms with Crippen molar-refractivity contribution in [3.05, 3.63) is 135 Å². The minimum atomic E-state index is -4.74. The molecule has 4 rings (SSSR count). The number of benzene rings is 4. The molecule has 9 heteroatoms. The summed E-state index contributed by atoms with van der Waals surface area (Å²) in [6, 6.07) is 12.8. The largest absolute Gasteiger partial charge is 0.432 e. The van der Waals surface area contributed by atoms with E-state index in [1.165, 1.54) is 17.7 Å². The Morgan fingerprint density at radius 3 is 1.76 bits per heavy atom. The number of ether oxygens (including phenoxy) is 1. The Balaban J connectivity index is 1.50. The molecule has 0 aliphatic carbocycles. The first-order chi connectivity index (χ1) is 20.0. The SMILES string of the molecule is CCCCc1ccc(C#Cc2ccc(C#Cc3cc(F)c(C(F)(F)Oc4cc(F)c(F)c(F)c4)c(F)c3)c(F)c2)cc1. The first-order valence-electron chi connectivity index (χ1n) is 12.6.